The second kappa shape index (κ2) is 9.43. The van der Waals surface area contributed by atoms with Gasteiger partial charge in [0.05, 0.1) is 23.4 Å². The number of halogens is 1. The fourth-order valence-corrected chi connectivity index (χ4v) is 3.11. The van der Waals surface area contributed by atoms with Gasteiger partial charge in [-0.15, -0.1) is 0 Å². The molecule has 0 fully saturated rings. The first-order valence-corrected chi connectivity index (χ1v) is 9.70. The molecule has 0 saturated heterocycles. The zero-order valence-corrected chi connectivity index (χ0v) is 17.4. The summed E-state index contributed by atoms with van der Waals surface area (Å²) in [5.41, 5.74) is 3.07. The predicted octanol–water partition coefficient (Wildman–Crippen LogP) is 5.35. The van der Waals surface area contributed by atoms with Crippen molar-refractivity contribution in [3.63, 3.8) is 0 Å². The van der Waals surface area contributed by atoms with Crippen molar-refractivity contribution < 1.29 is 14.3 Å². The molecule has 3 rings (SSSR count). The summed E-state index contributed by atoms with van der Waals surface area (Å²) in [5.74, 6) is 1.24. The Morgan fingerprint density at radius 3 is 2.69 bits per heavy atom. The minimum Gasteiger partial charge on any atom is -0.496 e. The molecule has 2 aromatic carbocycles. The minimum absolute atomic E-state index is 0.0770. The maximum Gasteiger partial charge on any atom is 0.189 e. The first kappa shape index (κ1) is 20.7. The molecule has 0 N–H and O–H groups in total. The van der Waals surface area contributed by atoms with Crippen molar-refractivity contribution in [1.29, 1.82) is 0 Å². The van der Waals surface area contributed by atoms with E-state index in [9.17, 15) is 4.79 Å². The van der Waals surface area contributed by atoms with E-state index in [4.69, 9.17) is 21.1 Å². The van der Waals surface area contributed by atoms with Crippen LogP contribution in [0.15, 0.2) is 54.7 Å². The summed E-state index contributed by atoms with van der Waals surface area (Å²) < 4.78 is 13.0. The molecule has 0 atom stereocenters. The number of ether oxygens (including phenoxy) is 2. The molecule has 0 spiro atoms. The van der Waals surface area contributed by atoms with Gasteiger partial charge in [0.1, 0.15) is 18.1 Å². The first-order chi connectivity index (χ1) is 14.0. The van der Waals surface area contributed by atoms with E-state index in [-0.39, 0.29) is 5.78 Å². The monoisotopic (exact) mass is 410 g/mol. The van der Waals surface area contributed by atoms with Gasteiger partial charge in [0, 0.05) is 18.3 Å². The summed E-state index contributed by atoms with van der Waals surface area (Å²) in [6, 6.07) is 13.0. The molecular weight excluding hydrogens is 388 g/mol. The largest absolute Gasteiger partial charge is 0.496 e. The summed E-state index contributed by atoms with van der Waals surface area (Å²) in [7, 11) is 1.61. The second-order valence-corrected chi connectivity index (χ2v) is 6.88. The van der Waals surface area contributed by atoms with Gasteiger partial charge in [-0.3, -0.25) is 9.48 Å². The van der Waals surface area contributed by atoms with Crippen LogP contribution in [0.5, 0.6) is 11.5 Å². The van der Waals surface area contributed by atoms with Gasteiger partial charge in [0.2, 0.25) is 0 Å². The van der Waals surface area contributed by atoms with Crippen LogP contribution in [0.3, 0.4) is 0 Å². The summed E-state index contributed by atoms with van der Waals surface area (Å²) in [6.07, 6.45) is 5.12. The van der Waals surface area contributed by atoms with Gasteiger partial charge >= 0.3 is 0 Å². The molecule has 0 saturated carbocycles. The Bertz CT molecular complexity index is 1040. The number of methoxy groups -OCH3 is 1. The number of carbonyl (C=O) groups excluding carboxylic acids is 1. The molecular formula is C23H23ClN2O3. The lowest BCUT2D eigenvalue weighted by Gasteiger charge is -2.12. The van der Waals surface area contributed by atoms with Crippen LogP contribution in [0.2, 0.25) is 5.02 Å². The molecule has 0 aliphatic carbocycles. The Morgan fingerprint density at radius 2 is 2.00 bits per heavy atom. The van der Waals surface area contributed by atoms with Crippen molar-refractivity contribution in [2.24, 2.45) is 0 Å². The number of ketones is 1. The van der Waals surface area contributed by atoms with Crippen LogP contribution in [-0.4, -0.2) is 22.7 Å². The molecule has 0 radical (unpaired) electrons. The molecule has 0 aliphatic rings. The highest BCUT2D eigenvalue weighted by atomic mass is 35.5. The number of hydrogen-bond acceptors (Lipinski definition) is 4. The molecule has 1 heterocycles. The van der Waals surface area contributed by atoms with E-state index in [1.807, 2.05) is 50.2 Å². The van der Waals surface area contributed by atoms with Gasteiger partial charge in [-0.2, -0.15) is 5.10 Å². The van der Waals surface area contributed by atoms with Crippen molar-refractivity contribution >= 4 is 23.5 Å². The fourth-order valence-electron chi connectivity index (χ4n) is 2.92. The molecule has 0 amide bonds. The molecule has 1 aromatic heterocycles. The van der Waals surface area contributed by atoms with E-state index >= 15 is 0 Å². The Kier molecular flexibility index (Phi) is 6.73. The number of aryl methyl sites for hydroxylation is 2. The molecule has 0 unspecified atom stereocenters. The number of allylic oxidation sites excluding steroid dienone is 1. The van der Waals surface area contributed by atoms with Crippen LogP contribution < -0.4 is 9.47 Å². The highest BCUT2D eigenvalue weighted by Gasteiger charge is 2.11. The van der Waals surface area contributed by atoms with Gasteiger partial charge < -0.3 is 9.47 Å². The summed E-state index contributed by atoms with van der Waals surface area (Å²) in [6.45, 7) is 4.85. The van der Waals surface area contributed by atoms with Crippen LogP contribution in [0.1, 0.15) is 34.1 Å². The Morgan fingerprint density at radius 1 is 1.21 bits per heavy atom. The van der Waals surface area contributed by atoms with Gasteiger partial charge in [-0.25, -0.2) is 0 Å². The number of hydrogen-bond donors (Lipinski definition) is 0. The maximum absolute atomic E-state index is 12.5. The minimum atomic E-state index is -0.0770. The molecule has 29 heavy (non-hydrogen) atoms. The van der Waals surface area contributed by atoms with E-state index in [0.29, 0.717) is 28.7 Å². The van der Waals surface area contributed by atoms with Crippen LogP contribution in [0.25, 0.3) is 6.08 Å². The lowest BCUT2D eigenvalue weighted by Crippen LogP contribution is -2.00. The first-order valence-electron chi connectivity index (χ1n) is 9.32. The van der Waals surface area contributed by atoms with E-state index < -0.39 is 0 Å². The standard InChI is InChI=1S/C23H23ClN2O3/c1-4-26-14-19(16(2)25-26)21(27)11-9-17-10-12-22(28-3)18(13-17)15-29-23-8-6-5-7-20(23)24/h5-14H,4,15H2,1-3H3/b11-9+. The second-order valence-electron chi connectivity index (χ2n) is 6.47. The quantitative estimate of drug-likeness (QED) is 0.371. The van der Waals surface area contributed by atoms with E-state index in [0.717, 1.165) is 23.4 Å². The topological polar surface area (TPSA) is 53.4 Å². The molecule has 6 heteroatoms. The van der Waals surface area contributed by atoms with Crippen LogP contribution in [-0.2, 0) is 13.2 Å². The third-order valence-corrected chi connectivity index (χ3v) is 4.80. The molecule has 3 aromatic rings. The molecule has 5 nitrogen and oxygen atoms in total. The van der Waals surface area contributed by atoms with E-state index in [1.165, 1.54) is 0 Å². The summed E-state index contributed by atoms with van der Waals surface area (Å²) in [5, 5.41) is 4.87. The third-order valence-electron chi connectivity index (χ3n) is 4.49. The average molecular weight is 411 g/mol. The third kappa shape index (κ3) is 5.06. The number of nitrogens with zero attached hydrogens (tertiary/aromatic N) is 2. The zero-order chi connectivity index (χ0) is 20.8. The predicted molar refractivity (Wildman–Crippen MR) is 115 cm³/mol. The van der Waals surface area contributed by atoms with Crippen LogP contribution in [0.4, 0.5) is 0 Å². The van der Waals surface area contributed by atoms with E-state index in [2.05, 4.69) is 5.10 Å². The normalized spacial score (nSPS) is 11.0. The van der Waals surface area contributed by atoms with Crippen molar-refractivity contribution in [2.45, 2.75) is 27.0 Å². The van der Waals surface area contributed by atoms with Gasteiger partial charge in [-0.05, 0) is 49.8 Å². The Balaban J connectivity index is 1.77. The summed E-state index contributed by atoms with van der Waals surface area (Å²) >= 11 is 6.15. The lowest BCUT2D eigenvalue weighted by atomic mass is 10.1. The summed E-state index contributed by atoms with van der Waals surface area (Å²) in [4.78, 5) is 12.5. The molecule has 0 aliphatic heterocycles. The zero-order valence-electron chi connectivity index (χ0n) is 16.7. The molecule has 150 valence electrons. The smallest absolute Gasteiger partial charge is 0.189 e. The van der Waals surface area contributed by atoms with Gasteiger partial charge in [0.25, 0.3) is 0 Å². The number of benzene rings is 2. The van der Waals surface area contributed by atoms with Crippen molar-refractivity contribution in [3.05, 3.63) is 82.1 Å². The van der Waals surface area contributed by atoms with Crippen molar-refractivity contribution in [1.82, 2.24) is 9.78 Å². The number of para-hydroxylation sites is 1. The van der Waals surface area contributed by atoms with Crippen molar-refractivity contribution in [2.75, 3.05) is 7.11 Å². The Hall–Kier alpha value is -3.05. The van der Waals surface area contributed by atoms with Gasteiger partial charge in [0.15, 0.2) is 5.78 Å². The lowest BCUT2D eigenvalue weighted by molar-refractivity contribution is 0.104. The fraction of sp³-hybridized carbons (Fsp3) is 0.217. The number of carbonyl (C=O) groups is 1. The number of aromatic nitrogens is 2. The highest BCUT2D eigenvalue weighted by Crippen LogP contribution is 2.27. The van der Waals surface area contributed by atoms with E-state index in [1.54, 1.807) is 36.2 Å². The number of rotatable bonds is 8. The van der Waals surface area contributed by atoms with Crippen molar-refractivity contribution in [3.8, 4) is 11.5 Å². The highest BCUT2D eigenvalue weighted by molar-refractivity contribution is 6.32. The maximum atomic E-state index is 12.5. The van der Waals surface area contributed by atoms with Gasteiger partial charge in [-0.1, -0.05) is 35.9 Å². The van der Waals surface area contributed by atoms with Crippen LogP contribution in [0, 0.1) is 6.92 Å². The SMILES string of the molecule is CCn1cc(C(=O)/C=C/c2ccc(OC)c(COc3ccccc3Cl)c2)c(C)n1. The van der Waals surface area contributed by atoms with Crippen LogP contribution >= 0.6 is 11.6 Å². The Labute approximate surface area is 175 Å². The molecule has 0 bridgehead atoms. The average Bonchev–Trinajstić information content (AvgIpc) is 3.12.